The number of aromatic nitrogens is 4. The Kier molecular flexibility index (Phi) is 6.25. The molecule has 8 heteroatoms. The molecule has 1 aromatic carbocycles. The van der Waals surface area contributed by atoms with Crippen LogP contribution in [-0.2, 0) is 4.74 Å². The summed E-state index contributed by atoms with van der Waals surface area (Å²) >= 11 is 0. The molecule has 3 aromatic rings. The van der Waals surface area contributed by atoms with Crippen LogP contribution in [0.4, 0.5) is 0 Å². The van der Waals surface area contributed by atoms with E-state index in [0.717, 1.165) is 44.2 Å². The zero-order valence-electron chi connectivity index (χ0n) is 17.4. The lowest BCUT2D eigenvalue weighted by molar-refractivity contribution is 0.0323. The van der Waals surface area contributed by atoms with Crippen LogP contribution in [0.15, 0.2) is 53.5 Å². The van der Waals surface area contributed by atoms with Gasteiger partial charge in [0.15, 0.2) is 5.75 Å². The minimum absolute atomic E-state index is 0.0452. The maximum Gasteiger partial charge on any atom is 0.267 e. The molecule has 2 aromatic heterocycles. The second kappa shape index (κ2) is 9.23. The van der Waals surface area contributed by atoms with Gasteiger partial charge in [-0.3, -0.25) is 9.69 Å². The van der Waals surface area contributed by atoms with E-state index in [2.05, 4.69) is 15.1 Å². The largest absolute Gasteiger partial charge is 0.488 e. The maximum atomic E-state index is 12.2. The first-order valence-corrected chi connectivity index (χ1v) is 10.3. The Morgan fingerprint density at radius 3 is 2.60 bits per heavy atom. The second-order valence-electron chi connectivity index (χ2n) is 7.50. The molecule has 1 aliphatic heterocycles. The van der Waals surface area contributed by atoms with Gasteiger partial charge in [-0.05, 0) is 32.0 Å². The van der Waals surface area contributed by atoms with Gasteiger partial charge in [0, 0.05) is 25.7 Å². The topological polar surface area (TPSA) is 74.4 Å². The monoisotopic (exact) mass is 409 g/mol. The van der Waals surface area contributed by atoms with E-state index in [4.69, 9.17) is 9.47 Å². The molecular formula is C22H27N5O3. The molecule has 0 unspecified atom stereocenters. The fourth-order valence-corrected chi connectivity index (χ4v) is 3.47. The lowest BCUT2D eigenvalue weighted by atomic mass is 10.2. The summed E-state index contributed by atoms with van der Waals surface area (Å²) in [6.45, 7) is 8.59. The second-order valence-corrected chi connectivity index (χ2v) is 7.50. The average molecular weight is 409 g/mol. The van der Waals surface area contributed by atoms with E-state index in [1.165, 1.54) is 4.68 Å². The lowest BCUT2D eigenvalue weighted by Crippen LogP contribution is -2.38. The summed E-state index contributed by atoms with van der Waals surface area (Å²) in [5.74, 6) is 0.647. The van der Waals surface area contributed by atoms with Crippen LogP contribution < -0.4 is 10.3 Å². The van der Waals surface area contributed by atoms with Gasteiger partial charge >= 0.3 is 0 Å². The van der Waals surface area contributed by atoms with Crippen molar-refractivity contribution in [2.24, 2.45) is 0 Å². The quantitative estimate of drug-likeness (QED) is 0.597. The number of nitrogens with zero attached hydrogens (tertiary/aromatic N) is 5. The predicted octanol–water partition coefficient (Wildman–Crippen LogP) is 2.39. The molecule has 8 nitrogen and oxygen atoms in total. The van der Waals surface area contributed by atoms with Gasteiger partial charge in [0.2, 0.25) is 0 Å². The minimum Gasteiger partial charge on any atom is -0.488 e. The first-order chi connectivity index (χ1) is 14.6. The van der Waals surface area contributed by atoms with Crippen molar-refractivity contribution in [2.75, 3.05) is 39.5 Å². The van der Waals surface area contributed by atoms with Crippen molar-refractivity contribution < 1.29 is 9.47 Å². The highest BCUT2D eigenvalue weighted by atomic mass is 16.5. The van der Waals surface area contributed by atoms with E-state index >= 15 is 0 Å². The highest BCUT2D eigenvalue weighted by Gasteiger charge is 2.19. The van der Waals surface area contributed by atoms with Gasteiger partial charge in [0.05, 0.1) is 31.1 Å². The van der Waals surface area contributed by atoms with Crippen LogP contribution >= 0.6 is 0 Å². The molecular weight excluding hydrogens is 382 g/mol. The van der Waals surface area contributed by atoms with Gasteiger partial charge < -0.3 is 9.47 Å². The molecule has 0 radical (unpaired) electrons. The molecule has 0 amide bonds. The first kappa shape index (κ1) is 20.3. The molecule has 0 saturated carbocycles. The molecule has 1 aliphatic rings. The average Bonchev–Trinajstić information content (AvgIpc) is 3.19. The van der Waals surface area contributed by atoms with Crippen LogP contribution in [0.5, 0.6) is 5.75 Å². The van der Waals surface area contributed by atoms with Gasteiger partial charge in [-0.15, -0.1) is 0 Å². The van der Waals surface area contributed by atoms with Crippen molar-refractivity contribution in [3.8, 4) is 22.8 Å². The van der Waals surface area contributed by atoms with Crippen LogP contribution in [0.1, 0.15) is 19.9 Å². The number of morpholine rings is 1. The van der Waals surface area contributed by atoms with Crippen LogP contribution in [0.25, 0.3) is 17.1 Å². The van der Waals surface area contributed by atoms with Crippen molar-refractivity contribution in [1.82, 2.24) is 24.5 Å². The highest BCUT2D eigenvalue weighted by molar-refractivity contribution is 5.64. The number of hydrogen-bond acceptors (Lipinski definition) is 6. The molecule has 0 bridgehead atoms. The molecule has 0 N–H and O–H groups in total. The number of para-hydroxylation sites is 1. The van der Waals surface area contributed by atoms with E-state index in [1.54, 1.807) is 18.3 Å². The van der Waals surface area contributed by atoms with Crippen LogP contribution in [0.3, 0.4) is 0 Å². The summed E-state index contributed by atoms with van der Waals surface area (Å²) in [6, 6.07) is 13.1. The summed E-state index contributed by atoms with van der Waals surface area (Å²) in [6.07, 6.45) is 1.72. The molecule has 0 spiro atoms. The normalized spacial score (nSPS) is 14.9. The minimum atomic E-state index is -0.130. The van der Waals surface area contributed by atoms with Crippen LogP contribution in [0.2, 0.25) is 0 Å². The fourth-order valence-electron chi connectivity index (χ4n) is 3.47. The zero-order chi connectivity index (χ0) is 20.9. The molecule has 1 fully saturated rings. The molecule has 3 heterocycles. The van der Waals surface area contributed by atoms with Crippen LogP contribution in [-0.4, -0.2) is 63.9 Å². The van der Waals surface area contributed by atoms with E-state index < -0.39 is 0 Å². The van der Waals surface area contributed by atoms with Crippen LogP contribution in [0, 0.1) is 0 Å². The van der Waals surface area contributed by atoms with E-state index in [1.807, 2.05) is 48.9 Å². The molecule has 4 rings (SSSR count). The van der Waals surface area contributed by atoms with Gasteiger partial charge in [0.1, 0.15) is 18.0 Å². The van der Waals surface area contributed by atoms with Crippen molar-refractivity contribution in [3.63, 3.8) is 0 Å². The SMILES string of the molecule is CC(C)n1nc(-c2c(OCCN3CCOCC3)cnn2-c2ccccc2)ccc1=O. The van der Waals surface area contributed by atoms with Crippen molar-refractivity contribution in [3.05, 3.63) is 59.0 Å². The number of rotatable bonds is 7. The Hall–Kier alpha value is -2.97. The summed E-state index contributed by atoms with van der Waals surface area (Å²) in [7, 11) is 0. The van der Waals surface area contributed by atoms with Crippen molar-refractivity contribution in [1.29, 1.82) is 0 Å². The third-order valence-electron chi connectivity index (χ3n) is 5.06. The van der Waals surface area contributed by atoms with E-state index in [9.17, 15) is 4.79 Å². The maximum absolute atomic E-state index is 12.2. The Bertz CT molecular complexity index is 1020. The standard InChI is InChI=1S/C22H27N5O3/c1-17(2)26-21(28)9-8-19(24-26)22-20(30-15-12-25-10-13-29-14-11-25)16-23-27(22)18-6-4-3-5-7-18/h3-9,16-17H,10-15H2,1-2H3. The smallest absolute Gasteiger partial charge is 0.267 e. The first-order valence-electron chi connectivity index (χ1n) is 10.3. The summed E-state index contributed by atoms with van der Waals surface area (Å²) in [5, 5.41) is 9.15. The number of hydrogen-bond donors (Lipinski definition) is 0. The molecule has 0 aliphatic carbocycles. The summed E-state index contributed by atoms with van der Waals surface area (Å²) in [4.78, 5) is 14.5. The van der Waals surface area contributed by atoms with Gasteiger partial charge in [0.25, 0.3) is 5.56 Å². The third-order valence-corrected chi connectivity index (χ3v) is 5.06. The van der Waals surface area contributed by atoms with E-state index in [-0.39, 0.29) is 11.6 Å². The third kappa shape index (κ3) is 4.44. The Morgan fingerprint density at radius 1 is 1.10 bits per heavy atom. The molecule has 158 valence electrons. The van der Waals surface area contributed by atoms with Gasteiger partial charge in [-0.2, -0.15) is 10.2 Å². The Labute approximate surface area is 175 Å². The molecule has 0 atom stereocenters. The predicted molar refractivity (Wildman–Crippen MR) is 114 cm³/mol. The summed E-state index contributed by atoms with van der Waals surface area (Å²) in [5.41, 5.74) is 2.15. The lowest BCUT2D eigenvalue weighted by Gasteiger charge is -2.26. The summed E-state index contributed by atoms with van der Waals surface area (Å²) < 4.78 is 14.8. The fraction of sp³-hybridized carbons (Fsp3) is 0.409. The van der Waals surface area contributed by atoms with Crippen molar-refractivity contribution >= 4 is 0 Å². The highest BCUT2D eigenvalue weighted by Crippen LogP contribution is 2.30. The van der Waals surface area contributed by atoms with E-state index in [0.29, 0.717) is 18.1 Å². The number of benzene rings is 1. The number of ether oxygens (including phenoxy) is 2. The zero-order valence-corrected chi connectivity index (χ0v) is 17.4. The van der Waals surface area contributed by atoms with Gasteiger partial charge in [-0.25, -0.2) is 9.36 Å². The molecule has 1 saturated heterocycles. The Balaban J connectivity index is 1.66. The molecule has 30 heavy (non-hydrogen) atoms. The van der Waals surface area contributed by atoms with Crippen molar-refractivity contribution in [2.45, 2.75) is 19.9 Å². The van der Waals surface area contributed by atoms with Gasteiger partial charge in [-0.1, -0.05) is 18.2 Å². The Morgan fingerprint density at radius 2 is 1.87 bits per heavy atom.